The lowest BCUT2D eigenvalue weighted by Crippen LogP contribution is -2.09. The molecular weight excluding hydrogens is 284 g/mol. The van der Waals surface area contributed by atoms with Crippen LogP contribution in [-0.4, -0.2) is 9.91 Å². The maximum Gasteiger partial charge on any atom is 0.271 e. The highest BCUT2D eigenvalue weighted by atomic mass is 35.5. The number of nitro groups is 1. The fraction of sp³-hybridized carbons (Fsp3) is 0.0833. The van der Waals surface area contributed by atoms with Crippen molar-refractivity contribution in [2.45, 2.75) is 6.61 Å². The van der Waals surface area contributed by atoms with Gasteiger partial charge in [-0.3, -0.25) is 10.1 Å². The van der Waals surface area contributed by atoms with Crippen molar-refractivity contribution < 1.29 is 9.66 Å². The van der Waals surface area contributed by atoms with Crippen LogP contribution in [0.25, 0.3) is 0 Å². The Kier molecular flexibility index (Phi) is 4.34. The molecule has 2 rings (SSSR count). The van der Waals surface area contributed by atoms with E-state index in [0.29, 0.717) is 11.6 Å². The molecule has 7 nitrogen and oxygen atoms in total. The molecule has 0 unspecified atom stereocenters. The maximum atomic E-state index is 10.6. The lowest BCUT2D eigenvalue weighted by molar-refractivity contribution is -0.384. The molecule has 0 spiro atoms. The first kappa shape index (κ1) is 14.0. The highest BCUT2D eigenvalue weighted by molar-refractivity contribution is 6.32. The molecule has 104 valence electrons. The molecule has 1 heterocycles. The van der Waals surface area contributed by atoms with Crippen LogP contribution in [0.1, 0.15) is 5.56 Å². The van der Waals surface area contributed by atoms with Crippen LogP contribution >= 0.6 is 11.6 Å². The van der Waals surface area contributed by atoms with Crippen LogP contribution in [0.3, 0.4) is 0 Å². The maximum absolute atomic E-state index is 10.6. The summed E-state index contributed by atoms with van der Waals surface area (Å²) in [4.78, 5) is 14.0. The molecule has 20 heavy (non-hydrogen) atoms. The summed E-state index contributed by atoms with van der Waals surface area (Å²) in [7, 11) is 0. The fourth-order valence-electron chi connectivity index (χ4n) is 1.52. The van der Waals surface area contributed by atoms with E-state index in [1.54, 1.807) is 18.3 Å². The molecule has 0 fully saturated rings. The van der Waals surface area contributed by atoms with E-state index < -0.39 is 4.92 Å². The molecule has 1 aromatic heterocycles. The molecule has 0 aliphatic rings. The Morgan fingerprint density at radius 2 is 2.20 bits per heavy atom. The van der Waals surface area contributed by atoms with Gasteiger partial charge in [0.05, 0.1) is 9.95 Å². The van der Waals surface area contributed by atoms with Crippen molar-refractivity contribution in [2.24, 2.45) is 5.84 Å². The van der Waals surface area contributed by atoms with Crippen LogP contribution in [0.15, 0.2) is 36.5 Å². The van der Waals surface area contributed by atoms with E-state index in [4.69, 9.17) is 22.2 Å². The Morgan fingerprint density at radius 3 is 2.85 bits per heavy atom. The number of nitrogens with two attached hydrogens (primary N) is 1. The number of halogens is 1. The first-order valence-corrected chi connectivity index (χ1v) is 5.96. The van der Waals surface area contributed by atoms with E-state index >= 15 is 0 Å². The van der Waals surface area contributed by atoms with Crippen LogP contribution in [0.4, 0.5) is 11.5 Å². The zero-order valence-corrected chi connectivity index (χ0v) is 11.0. The van der Waals surface area contributed by atoms with E-state index in [-0.39, 0.29) is 17.3 Å². The quantitative estimate of drug-likeness (QED) is 0.499. The number of nitrogen functional groups attached to an aromatic ring is 1. The highest BCUT2D eigenvalue weighted by Gasteiger charge is 2.10. The predicted molar refractivity (Wildman–Crippen MR) is 74.5 cm³/mol. The first-order chi connectivity index (χ1) is 9.60. The van der Waals surface area contributed by atoms with Crippen LogP contribution in [0.5, 0.6) is 5.75 Å². The van der Waals surface area contributed by atoms with Gasteiger partial charge in [-0.15, -0.1) is 0 Å². The molecule has 1 aromatic carbocycles. The number of pyridine rings is 1. The number of non-ortho nitro benzene ring substituents is 1. The van der Waals surface area contributed by atoms with E-state index in [9.17, 15) is 10.1 Å². The fourth-order valence-corrected chi connectivity index (χ4v) is 1.75. The molecule has 0 aliphatic carbocycles. The lowest BCUT2D eigenvalue weighted by atomic mass is 10.2. The summed E-state index contributed by atoms with van der Waals surface area (Å²) in [6, 6.07) is 7.53. The second-order valence-corrected chi connectivity index (χ2v) is 4.26. The minimum atomic E-state index is -0.516. The Morgan fingerprint density at radius 1 is 1.40 bits per heavy atom. The highest BCUT2D eigenvalue weighted by Crippen LogP contribution is 2.29. The number of nitrogens with zero attached hydrogens (tertiary/aromatic N) is 2. The summed E-state index contributed by atoms with van der Waals surface area (Å²) in [6.45, 7) is 0.245. The molecule has 0 saturated heterocycles. The number of ether oxygens (including phenoxy) is 1. The molecular formula is C12H11ClN4O3. The van der Waals surface area contributed by atoms with Gasteiger partial charge >= 0.3 is 0 Å². The third-order valence-electron chi connectivity index (χ3n) is 2.49. The Bertz CT molecular complexity index is 636. The molecule has 8 heteroatoms. The topological polar surface area (TPSA) is 103 Å². The Hall–Kier alpha value is -2.38. The average Bonchev–Trinajstić information content (AvgIpc) is 2.46. The van der Waals surface area contributed by atoms with Crippen molar-refractivity contribution in [1.82, 2.24) is 4.98 Å². The van der Waals surface area contributed by atoms with E-state index in [1.807, 2.05) is 0 Å². The molecule has 3 N–H and O–H groups in total. The van der Waals surface area contributed by atoms with Gasteiger partial charge in [0.25, 0.3) is 5.69 Å². The van der Waals surface area contributed by atoms with Crippen molar-refractivity contribution in [3.63, 3.8) is 0 Å². The smallest absolute Gasteiger partial charge is 0.271 e. The number of nitro benzene ring substituents is 1. The minimum absolute atomic E-state index is 0.0825. The van der Waals surface area contributed by atoms with Crippen molar-refractivity contribution in [3.05, 3.63) is 57.2 Å². The van der Waals surface area contributed by atoms with Crippen LogP contribution in [0.2, 0.25) is 5.02 Å². The van der Waals surface area contributed by atoms with Gasteiger partial charge in [-0.05, 0) is 23.8 Å². The third kappa shape index (κ3) is 3.34. The van der Waals surface area contributed by atoms with Crippen molar-refractivity contribution >= 4 is 23.1 Å². The van der Waals surface area contributed by atoms with Gasteiger partial charge < -0.3 is 10.2 Å². The zero-order valence-electron chi connectivity index (χ0n) is 10.2. The molecule has 0 radical (unpaired) electrons. The van der Waals surface area contributed by atoms with Gasteiger partial charge in [0.1, 0.15) is 18.2 Å². The minimum Gasteiger partial charge on any atom is -0.487 e. The Labute approximate surface area is 119 Å². The molecule has 0 aliphatic heterocycles. The summed E-state index contributed by atoms with van der Waals surface area (Å²) in [5, 5.41) is 10.8. The molecule has 0 saturated carbocycles. The van der Waals surface area contributed by atoms with E-state index in [1.165, 1.54) is 18.2 Å². The molecule has 0 amide bonds. The molecule has 2 aromatic rings. The number of hydrogen-bond donors (Lipinski definition) is 2. The summed E-state index contributed by atoms with van der Waals surface area (Å²) in [5.41, 5.74) is 3.18. The first-order valence-electron chi connectivity index (χ1n) is 5.58. The number of aromatic nitrogens is 1. The standard InChI is InChI=1S/C12H11ClN4O3/c13-10-6-9(17(18)19)1-2-11(10)20-7-8-3-4-15-12(5-8)16-14/h1-6H,7,14H2,(H,15,16). The second-order valence-electron chi connectivity index (χ2n) is 3.85. The average molecular weight is 295 g/mol. The van der Waals surface area contributed by atoms with Gasteiger partial charge in [0.2, 0.25) is 0 Å². The van der Waals surface area contributed by atoms with Gasteiger partial charge in [0.15, 0.2) is 0 Å². The van der Waals surface area contributed by atoms with Gasteiger partial charge in [-0.1, -0.05) is 11.6 Å². The second kappa shape index (κ2) is 6.18. The summed E-state index contributed by atoms with van der Waals surface area (Å²) < 4.78 is 5.51. The number of nitrogens with one attached hydrogen (secondary N) is 1. The SMILES string of the molecule is NNc1cc(COc2ccc([N+](=O)[O-])cc2Cl)ccn1. The molecule has 0 atom stereocenters. The van der Waals surface area contributed by atoms with Crippen molar-refractivity contribution in [2.75, 3.05) is 5.43 Å². The largest absolute Gasteiger partial charge is 0.487 e. The number of benzene rings is 1. The Balaban J connectivity index is 2.08. The van der Waals surface area contributed by atoms with Crippen molar-refractivity contribution in [3.8, 4) is 5.75 Å². The summed E-state index contributed by atoms with van der Waals surface area (Å²) >= 11 is 5.92. The number of rotatable bonds is 5. The zero-order chi connectivity index (χ0) is 14.5. The lowest BCUT2D eigenvalue weighted by Gasteiger charge is -2.08. The molecule has 0 bridgehead atoms. The van der Waals surface area contributed by atoms with Crippen LogP contribution in [0, 0.1) is 10.1 Å². The van der Waals surface area contributed by atoms with Crippen LogP contribution < -0.4 is 16.0 Å². The van der Waals surface area contributed by atoms with Crippen LogP contribution in [-0.2, 0) is 6.61 Å². The van der Waals surface area contributed by atoms with E-state index in [2.05, 4.69) is 10.4 Å². The van der Waals surface area contributed by atoms with Crippen molar-refractivity contribution in [1.29, 1.82) is 0 Å². The number of hydrazine groups is 1. The summed E-state index contributed by atoms with van der Waals surface area (Å²) in [6.07, 6.45) is 1.59. The summed E-state index contributed by atoms with van der Waals surface area (Å²) in [5.74, 6) is 6.14. The van der Waals surface area contributed by atoms with E-state index in [0.717, 1.165) is 5.56 Å². The van der Waals surface area contributed by atoms with Gasteiger partial charge in [-0.25, -0.2) is 10.8 Å². The number of hydrogen-bond acceptors (Lipinski definition) is 6. The normalized spacial score (nSPS) is 10.1. The predicted octanol–water partition coefficient (Wildman–Crippen LogP) is 2.51. The van der Waals surface area contributed by atoms with Gasteiger partial charge in [0, 0.05) is 18.3 Å². The monoisotopic (exact) mass is 294 g/mol. The number of anilines is 1. The van der Waals surface area contributed by atoms with Gasteiger partial charge in [-0.2, -0.15) is 0 Å². The third-order valence-corrected chi connectivity index (χ3v) is 2.79.